The molecule has 1 aromatic heterocycles. The van der Waals surface area contributed by atoms with Crippen molar-refractivity contribution in [2.45, 2.75) is 63.6 Å². The van der Waals surface area contributed by atoms with E-state index in [1.807, 2.05) is 6.92 Å². The Morgan fingerprint density at radius 1 is 1.12 bits per heavy atom. The number of ketones is 1. The molecule has 186 valence electrons. The van der Waals surface area contributed by atoms with Crippen molar-refractivity contribution in [2.24, 2.45) is 5.92 Å². The van der Waals surface area contributed by atoms with Gasteiger partial charge in [0.05, 0.1) is 17.5 Å². The molecule has 34 heavy (non-hydrogen) atoms. The first-order chi connectivity index (χ1) is 16.3. The number of nitrogens with one attached hydrogen (secondary N) is 2. The zero-order chi connectivity index (χ0) is 24.1. The molecule has 0 spiro atoms. The van der Waals surface area contributed by atoms with Crippen molar-refractivity contribution in [3.8, 4) is 0 Å². The minimum absolute atomic E-state index is 0.0157. The van der Waals surface area contributed by atoms with E-state index in [1.54, 1.807) is 24.3 Å². The number of amides is 1. The number of hydrogen-bond acceptors (Lipinski definition) is 8. The summed E-state index contributed by atoms with van der Waals surface area (Å²) in [6.07, 6.45) is 4.28. The SMILES string of the molecule is CCC[C@@H](NC(=O)[C@H](CS(=O)(=O)CC1CC1)NC1CCOCC1)C(=O)c1nc2ccccc2o1. The maximum absolute atomic E-state index is 13.3. The highest BCUT2D eigenvalue weighted by atomic mass is 32.2. The number of rotatable bonds is 12. The number of hydrogen-bond donors (Lipinski definition) is 2. The number of fused-ring (bicyclic) bond motifs is 1. The monoisotopic (exact) mass is 491 g/mol. The quantitative estimate of drug-likeness (QED) is 0.433. The lowest BCUT2D eigenvalue weighted by Gasteiger charge is -2.29. The molecule has 0 bridgehead atoms. The molecular formula is C24H33N3O6S. The van der Waals surface area contributed by atoms with Crippen LogP contribution in [0.1, 0.15) is 56.1 Å². The summed E-state index contributed by atoms with van der Waals surface area (Å²) in [6, 6.07) is 5.27. The third kappa shape index (κ3) is 6.64. The van der Waals surface area contributed by atoms with E-state index in [-0.39, 0.29) is 29.4 Å². The smallest absolute Gasteiger partial charge is 0.266 e. The van der Waals surface area contributed by atoms with Crippen molar-refractivity contribution in [1.82, 2.24) is 15.6 Å². The molecule has 0 radical (unpaired) electrons. The van der Waals surface area contributed by atoms with Crippen LogP contribution in [0.2, 0.25) is 0 Å². The van der Waals surface area contributed by atoms with Crippen molar-refractivity contribution in [3.05, 3.63) is 30.2 Å². The number of carbonyl (C=O) groups excluding carboxylic acids is 2. The summed E-state index contributed by atoms with van der Waals surface area (Å²) in [5.41, 5.74) is 1.07. The Balaban J connectivity index is 1.49. The Morgan fingerprint density at radius 2 is 1.85 bits per heavy atom. The molecule has 2 aliphatic rings. The van der Waals surface area contributed by atoms with Crippen molar-refractivity contribution in [2.75, 3.05) is 24.7 Å². The number of oxazole rings is 1. The number of Topliss-reactive ketones (excluding diaryl/α,β-unsaturated/α-hetero) is 1. The Kier molecular flexibility index (Phi) is 8.00. The second-order valence-electron chi connectivity index (χ2n) is 9.33. The molecule has 4 rings (SSSR count). The number of nitrogens with zero attached hydrogens (tertiary/aromatic N) is 1. The van der Waals surface area contributed by atoms with E-state index in [9.17, 15) is 18.0 Å². The van der Waals surface area contributed by atoms with Gasteiger partial charge >= 0.3 is 0 Å². The first-order valence-electron chi connectivity index (χ1n) is 12.1. The highest BCUT2D eigenvalue weighted by Crippen LogP contribution is 2.30. The van der Waals surface area contributed by atoms with Crippen molar-refractivity contribution < 1.29 is 27.2 Å². The molecule has 0 unspecified atom stereocenters. The van der Waals surface area contributed by atoms with E-state index in [0.29, 0.717) is 50.0 Å². The summed E-state index contributed by atoms with van der Waals surface area (Å²) >= 11 is 0. The molecule has 2 aromatic rings. The summed E-state index contributed by atoms with van der Waals surface area (Å²) in [7, 11) is -3.42. The van der Waals surface area contributed by atoms with E-state index in [0.717, 1.165) is 12.8 Å². The highest BCUT2D eigenvalue weighted by Gasteiger charge is 2.35. The molecule has 2 atom stereocenters. The molecule has 1 aliphatic carbocycles. The predicted molar refractivity (Wildman–Crippen MR) is 127 cm³/mol. The topological polar surface area (TPSA) is 128 Å². The minimum Gasteiger partial charge on any atom is -0.434 e. The van der Waals surface area contributed by atoms with E-state index in [4.69, 9.17) is 9.15 Å². The van der Waals surface area contributed by atoms with E-state index in [1.165, 1.54) is 0 Å². The fourth-order valence-corrected chi connectivity index (χ4v) is 6.21. The van der Waals surface area contributed by atoms with Gasteiger partial charge in [-0.2, -0.15) is 0 Å². The molecule has 2 fully saturated rings. The maximum atomic E-state index is 13.3. The van der Waals surface area contributed by atoms with Crippen molar-refractivity contribution in [1.29, 1.82) is 0 Å². The summed E-state index contributed by atoms with van der Waals surface area (Å²) in [6.45, 7) is 3.04. The molecule has 2 N–H and O–H groups in total. The maximum Gasteiger partial charge on any atom is 0.266 e. The molecular weight excluding hydrogens is 458 g/mol. The highest BCUT2D eigenvalue weighted by molar-refractivity contribution is 7.91. The van der Waals surface area contributed by atoms with Gasteiger partial charge in [-0.3, -0.25) is 9.59 Å². The Bertz CT molecular complexity index is 1070. The van der Waals surface area contributed by atoms with Crippen LogP contribution in [0.3, 0.4) is 0 Å². The van der Waals surface area contributed by atoms with Crippen LogP contribution in [0.5, 0.6) is 0 Å². The molecule has 1 aromatic carbocycles. The van der Waals surface area contributed by atoms with Crippen LogP contribution in [-0.4, -0.2) is 67.9 Å². The number of carbonyl (C=O) groups is 2. The summed E-state index contributed by atoms with van der Waals surface area (Å²) < 4.78 is 36.5. The Labute approximate surface area is 199 Å². The van der Waals surface area contributed by atoms with Crippen molar-refractivity contribution in [3.63, 3.8) is 0 Å². The van der Waals surface area contributed by atoms with Gasteiger partial charge in [-0.15, -0.1) is 0 Å². The number of sulfone groups is 1. The average molecular weight is 492 g/mol. The van der Waals surface area contributed by atoms with Crippen LogP contribution in [0.25, 0.3) is 11.1 Å². The molecule has 1 aliphatic heterocycles. The summed E-state index contributed by atoms with van der Waals surface area (Å²) in [5.74, 6) is -0.957. The lowest BCUT2D eigenvalue weighted by Crippen LogP contribution is -2.56. The van der Waals surface area contributed by atoms with Gasteiger partial charge in [-0.1, -0.05) is 25.5 Å². The van der Waals surface area contributed by atoms with Gasteiger partial charge in [0.25, 0.3) is 5.89 Å². The molecule has 10 heteroatoms. The second kappa shape index (κ2) is 11.0. The number of para-hydroxylation sites is 2. The Hall–Kier alpha value is -2.30. The van der Waals surface area contributed by atoms with Gasteiger partial charge in [0.15, 0.2) is 15.4 Å². The lowest BCUT2D eigenvalue weighted by molar-refractivity contribution is -0.123. The van der Waals surface area contributed by atoms with Crippen LogP contribution in [-0.2, 0) is 19.4 Å². The summed E-state index contributed by atoms with van der Waals surface area (Å²) in [5, 5.41) is 6.03. The first kappa shape index (κ1) is 24.8. The average Bonchev–Trinajstić information content (AvgIpc) is 3.51. The molecule has 2 heterocycles. The number of aromatic nitrogens is 1. The van der Waals surface area contributed by atoms with Crippen LogP contribution >= 0.6 is 0 Å². The third-order valence-electron chi connectivity index (χ3n) is 6.30. The first-order valence-corrected chi connectivity index (χ1v) is 13.9. The number of ether oxygens (including phenoxy) is 1. The van der Waals surface area contributed by atoms with Crippen LogP contribution < -0.4 is 10.6 Å². The predicted octanol–water partition coefficient (Wildman–Crippen LogP) is 2.26. The molecule has 1 saturated heterocycles. The molecule has 9 nitrogen and oxygen atoms in total. The Morgan fingerprint density at radius 3 is 2.53 bits per heavy atom. The lowest BCUT2D eigenvalue weighted by atomic mass is 10.1. The standard InChI is InChI=1S/C24H33N3O6S/c1-2-5-19(22(28)24-27-18-6-3-4-7-21(18)33-24)26-23(29)20(25-17-10-12-32-13-11-17)15-34(30,31)14-16-8-9-16/h3-4,6-7,16-17,19-20,25H,2,5,8-15H2,1H3,(H,26,29)/t19-,20+/m1/s1. The largest absolute Gasteiger partial charge is 0.434 e. The minimum atomic E-state index is -3.42. The zero-order valence-corrected chi connectivity index (χ0v) is 20.3. The van der Waals surface area contributed by atoms with Crippen LogP contribution in [0.15, 0.2) is 28.7 Å². The van der Waals surface area contributed by atoms with E-state index >= 15 is 0 Å². The van der Waals surface area contributed by atoms with E-state index in [2.05, 4.69) is 15.6 Å². The van der Waals surface area contributed by atoms with Gasteiger partial charge in [0.1, 0.15) is 11.6 Å². The zero-order valence-electron chi connectivity index (χ0n) is 19.5. The van der Waals surface area contributed by atoms with E-state index < -0.39 is 33.6 Å². The molecule has 1 saturated carbocycles. The van der Waals surface area contributed by atoms with Gasteiger partial charge in [0.2, 0.25) is 11.7 Å². The van der Waals surface area contributed by atoms with Crippen LogP contribution in [0.4, 0.5) is 0 Å². The fourth-order valence-electron chi connectivity index (χ4n) is 4.27. The van der Waals surface area contributed by atoms with Crippen LogP contribution in [0, 0.1) is 5.92 Å². The van der Waals surface area contributed by atoms with Gasteiger partial charge in [-0.05, 0) is 50.2 Å². The number of benzene rings is 1. The third-order valence-corrected chi connectivity index (χ3v) is 8.12. The normalized spacial score (nSPS) is 19.1. The van der Waals surface area contributed by atoms with Gasteiger partial charge < -0.3 is 19.8 Å². The van der Waals surface area contributed by atoms with Gasteiger partial charge in [0, 0.05) is 19.3 Å². The fraction of sp³-hybridized carbons (Fsp3) is 0.625. The second-order valence-corrected chi connectivity index (χ2v) is 11.5. The van der Waals surface area contributed by atoms with Gasteiger partial charge in [-0.25, -0.2) is 13.4 Å². The summed E-state index contributed by atoms with van der Waals surface area (Å²) in [4.78, 5) is 30.7. The van der Waals surface area contributed by atoms with Crippen molar-refractivity contribution >= 4 is 32.6 Å². The molecule has 1 amide bonds.